The number of Topliss-reactive ketones (excluding diaryl/α,β-unsaturated/α-hetero) is 1. The summed E-state index contributed by atoms with van der Waals surface area (Å²) in [5, 5.41) is -0.490. The van der Waals surface area contributed by atoms with Gasteiger partial charge in [-0.05, 0) is 25.1 Å². The summed E-state index contributed by atoms with van der Waals surface area (Å²) < 4.78 is 0. The van der Waals surface area contributed by atoms with E-state index in [0.717, 1.165) is 11.0 Å². The van der Waals surface area contributed by atoms with Crippen molar-refractivity contribution < 1.29 is 4.79 Å². The minimum atomic E-state index is -0.490. The molecule has 1 N–H and O–H groups in total. The number of ketones is 1. The number of halogens is 1. The predicted molar refractivity (Wildman–Crippen MR) is 55.7 cm³/mol. The number of nitrogens with zero attached hydrogens (tertiary/aromatic N) is 1. The summed E-state index contributed by atoms with van der Waals surface area (Å²) in [5.41, 5.74) is 2.32. The lowest BCUT2D eigenvalue weighted by atomic mass is 10.1. The van der Waals surface area contributed by atoms with Gasteiger partial charge in [0.25, 0.3) is 0 Å². The minimum absolute atomic E-state index is 0.0665. The van der Waals surface area contributed by atoms with Gasteiger partial charge in [-0.15, -0.1) is 11.6 Å². The SMILES string of the molecule is CC(Cl)C(=O)c1ccc2nc[nH]c2c1. The number of aromatic nitrogens is 2. The highest BCUT2D eigenvalue weighted by Crippen LogP contribution is 2.14. The first-order valence-electron chi connectivity index (χ1n) is 4.30. The lowest BCUT2D eigenvalue weighted by Crippen LogP contribution is -2.10. The number of carbonyl (C=O) groups is 1. The summed E-state index contributed by atoms with van der Waals surface area (Å²) >= 11 is 5.71. The molecule has 0 aliphatic carbocycles. The van der Waals surface area contributed by atoms with Crippen molar-refractivity contribution in [3.8, 4) is 0 Å². The van der Waals surface area contributed by atoms with Crippen LogP contribution in [-0.2, 0) is 0 Å². The normalized spacial score (nSPS) is 13.0. The molecule has 2 rings (SSSR count). The fourth-order valence-electron chi connectivity index (χ4n) is 1.32. The standard InChI is InChI=1S/C10H9ClN2O/c1-6(11)10(14)7-2-3-8-9(4-7)13-5-12-8/h2-6H,1H3,(H,12,13). The molecule has 1 heterocycles. The molecule has 72 valence electrons. The minimum Gasteiger partial charge on any atom is -0.345 e. The van der Waals surface area contributed by atoms with Crippen molar-refractivity contribution in [2.75, 3.05) is 0 Å². The Bertz CT molecular complexity index is 476. The molecule has 4 heteroatoms. The largest absolute Gasteiger partial charge is 0.345 e. The fraction of sp³-hybridized carbons (Fsp3) is 0.200. The molecule has 2 aromatic rings. The number of rotatable bonds is 2. The Morgan fingerprint density at radius 1 is 1.57 bits per heavy atom. The van der Waals surface area contributed by atoms with Crippen LogP contribution in [0.15, 0.2) is 24.5 Å². The Morgan fingerprint density at radius 2 is 2.36 bits per heavy atom. The van der Waals surface area contributed by atoms with Crippen LogP contribution in [-0.4, -0.2) is 21.1 Å². The van der Waals surface area contributed by atoms with Crippen molar-refractivity contribution >= 4 is 28.4 Å². The number of benzene rings is 1. The van der Waals surface area contributed by atoms with Gasteiger partial charge in [-0.1, -0.05) is 0 Å². The molecule has 0 spiro atoms. The van der Waals surface area contributed by atoms with Crippen molar-refractivity contribution in [2.24, 2.45) is 0 Å². The predicted octanol–water partition coefficient (Wildman–Crippen LogP) is 2.37. The second-order valence-corrected chi connectivity index (χ2v) is 3.77. The van der Waals surface area contributed by atoms with Crippen LogP contribution in [0, 0.1) is 0 Å². The Morgan fingerprint density at radius 3 is 3.07 bits per heavy atom. The van der Waals surface area contributed by atoms with Crippen molar-refractivity contribution in [1.82, 2.24) is 9.97 Å². The van der Waals surface area contributed by atoms with Gasteiger partial charge < -0.3 is 4.98 Å². The van der Waals surface area contributed by atoms with E-state index < -0.39 is 5.38 Å². The van der Waals surface area contributed by atoms with E-state index in [0.29, 0.717) is 5.56 Å². The van der Waals surface area contributed by atoms with Crippen LogP contribution in [0.5, 0.6) is 0 Å². The molecule has 0 saturated carbocycles. The van der Waals surface area contributed by atoms with Crippen molar-refractivity contribution in [3.05, 3.63) is 30.1 Å². The summed E-state index contributed by atoms with van der Waals surface area (Å²) in [7, 11) is 0. The zero-order chi connectivity index (χ0) is 10.1. The van der Waals surface area contributed by atoms with Gasteiger partial charge in [0.1, 0.15) is 0 Å². The van der Waals surface area contributed by atoms with Gasteiger partial charge in [0, 0.05) is 5.56 Å². The van der Waals surface area contributed by atoms with Crippen molar-refractivity contribution in [2.45, 2.75) is 12.3 Å². The van der Waals surface area contributed by atoms with Crippen LogP contribution in [0.2, 0.25) is 0 Å². The topological polar surface area (TPSA) is 45.8 Å². The van der Waals surface area contributed by atoms with Crippen LogP contribution >= 0.6 is 11.6 Å². The van der Waals surface area contributed by atoms with Crippen LogP contribution in [0.3, 0.4) is 0 Å². The molecule has 0 amide bonds. The molecule has 0 radical (unpaired) electrons. The number of H-pyrrole nitrogens is 1. The van der Waals surface area contributed by atoms with Gasteiger partial charge in [-0.2, -0.15) is 0 Å². The molecule has 3 nitrogen and oxygen atoms in total. The van der Waals surface area contributed by atoms with Crippen LogP contribution in [0.4, 0.5) is 0 Å². The highest BCUT2D eigenvalue weighted by molar-refractivity contribution is 6.33. The molecule has 0 saturated heterocycles. The van der Waals surface area contributed by atoms with E-state index >= 15 is 0 Å². The average Bonchev–Trinajstić information content (AvgIpc) is 2.62. The van der Waals surface area contributed by atoms with Crippen LogP contribution in [0.25, 0.3) is 11.0 Å². The first kappa shape index (κ1) is 9.21. The smallest absolute Gasteiger partial charge is 0.180 e. The van der Waals surface area contributed by atoms with E-state index in [-0.39, 0.29) is 5.78 Å². The molecule has 1 aromatic carbocycles. The van der Waals surface area contributed by atoms with Gasteiger partial charge >= 0.3 is 0 Å². The Balaban J connectivity index is 2.48. The monoisotopic (exact) mass is 208 g/mol. The van der Waals surface area contributed by atoms with E-state index in [1.807, 2.05) is 0 Å². The Kier molecular flexibility index (Phi) is 2.25. The maximum Gasteiger partial charge on any atom is 0.180 e. The fourth-order valence-corrected chi connectivity index (χ4v) is 1.44. The Hall–Kier alpha value is -1.35. The van der Waals surface area contributed by atoms with E-state index in [4.69, 9.17) is 11.6 Å². The molecular weight excluding hydrogens is 200 g/mol. The zero-order valence-corrected chi connectivity index (χ0v) is 8.38. The molecule has 1 unspecified atom stereocenters. The van der Waals surface area contributed by atoms with Crippen molar-refractivity contribution in [1.29, 1.82) is 0 Å². The Labute approximate surface area is 86.1 Å². The molecule has 0 aliphatic rings. The molecule has 14 heavy (non-hydrogen) atoms. The summed E-state index contributed by atoms with van der Waals surface area (Å²) in [6.45, 7) is 1.67. The first-order chi connectivity index (χ1) is 6.68. The first-order valence-corrected chi connectivity index (χ1v) is 4.73. The molecule has 1 aromatic heterocycles. The summed E-state index contributed by atoms with van der Waals surface area (Å²) in [5.74, 6) is -0.0665. The number of nitrogens with one attached hydrogen (secondary N) is 1. The van der Waals surface area contributed by atoms with E-state index in [1.54, 1.807) is 31.5 Å². The van der Waals surface area contributed by atoms with Crippen LogP contribution < -0.4 is 0 Å². The second-order valence-electron chi connectivity index (χ2n) is 3.11. The number of fused-ring (bicyclic) bond motifs is 1. The van der Waals surface area contributed by atoms with Gasteiger partial charge in [-0.25, -0.2) is 4.98 Å². The van der Waals surface area contributed by atoms with Crippen LogP contribution in [0.1, 0.15) is 17.3 Å². The van der Waals surface area contributed by atoms with E-state index in [2.05, 4.69) is 9.97 Å². The highest BCUT2D eigenvalue weighted by Gasteiger charge is 2.12. The third kappa shape index (κ3) is 1.51. The maximum atomic E-state index is 11.5. The third-order valence-electron chi connectivity index (χ3n) is 2.07. The lowest BCUT2D eigenvalue weighted by Gasteiger charge is -2.01. The lowest BCUT2D eigenvalue weighted by molar-refractivity contribution is 0.0992. The van der Waals surface area contributed by atoms with E-state index in [1.165, 1.54) is 0 Å². The summed E-state index contributed by atoms with van der Waals surface area (Å²) in [4.78, 5) is 18.6. The quantitative estimate of drug-likeness (QED) is 0.609. The number of alkyl halides is 1. The molecular formula is C10H9ClN2O. The maximum absolute atomic E-state index is 11.5. The zero-order valence-electron chi connectivity index (χ0n) is 7.62. The molecule has 1 atom stereocenters. The highest BCUT2D eigenvalue weighted by atomic mass is 35.5. The van der Waals surface area contributed by atoms with Gasteiger partial charge in [0.2, 0.25) is 0 Å². The third-order valence-corrected chi connectivity index (χ3v) is 2.26. The molecule has 0 fully saturated rings. The molecule has 0 bridgehead atoms. The van der Waals surface area contributed by atoms with Gasteiger partial charge in [0.05, 0.1) is 22.7 Å². The number of hydrogen-bond acceptors (Lipinski definition) is 2. The molecule has 0 aliphatic heterocycles. The summed E-state index contributed by atoms with van der Waals surface area (Å²) in [6.07, 6.45) is 1.60. The number of aromatic amines is 1. The van der Waals surface area contributed by atoms with Gasteiger partial charge in [0.15, 0.2) is 5.78 Å². The van der Waals surface area contributed by atoms with Crippen molar-refractivity contribution in [3.63, 3.8) is 0 Å². The number of carbonyl (C=O) groups excluding carboxylic acids is 1. The number of imidazole rings is 1. The number of hydrogen-bond donors (Lipinski definition) is 1. The second kappa shape index (κ2) is 3.42. The van der Waals surface area contributed by atoms with Gasteiger partial charge in [-0.3, -0.25) is 4.79 Å². The average molecular weight is 209 g/mol. The summed E-state index contributed by atoms with van der Waals surface area (Å²) in [6, 6.07) is 5.31. The van der Waals surface area contributed by atoms with E-state index in [9.17, 15) is 4.79 Å².